The molecule has 0 spiro atoms. The first kappa shape index (κ1) is 24.0. The van der Waals surface area contributed by atoms with E-state index in [1.165, 1.54) is 0 Å². The van der Waals surface area contributed by atoms with Gasteiger partial charge in [0.25, 0.3) is 0 Å². The fourth-order valence-corrected chi connectivity index (χ4v) is 6.44. The molecule has 2 fully saturated rings. The molecule has 0 atom stereocenters. The number of hydrogen-bond acceptors (Lipinski definition) is 9. The van der Waals surface area contributed by atoms with Gasteiger partial charge in [0.1, 0.15) is 0 Å². The van der Waals surface area contributed by atoms with Crippen LogP contribution in [0.1, 0.15) is 0 Å². The second kappa shape index (κ2) is 10.6. The van der Waals surface area contributed by atoms with Gasteiger partial charge in [0, 0.05) is 65.4 Å². The van der Waals surface area contributed by atoms with Crippen molar-refractivity contribution in [1.82, 2.24) is 19.6 Å². The molecule has 2 rings (SSSR count). The molecule has 9 nitrogen and oxygen atoms in total. The third-order valence-electron chi connectivity index (χ3n) is 5.52. The maximum atomic E-state index is 12.3. The first-order valence-corrected chi connectivity index (χ1v) is 13.6. The number of sulfone groups is 2. The molecule has 28 heavy (non-hydrogen) atoms. The van der Waals surface area contributed by atoms with Gasteiger partial charge in [0.2, 0.25) is 0 Å². The van der Waals surface area contributed by atoms with E-state index in [1.807, 2.05) is 14.1 Å². The highest BCUT2D eigenvalue weighted by Crippen LogP contribution is 2.05. The quantitative estimate of drug-likeness (QED) is 0.401. The first-order valence-electron chi connectivity index (χ1n) is 9.95. The molecule has 0 bridgehead atoms. The lowest BCUT2D eigenvalue weighted by atomic mass is 10.3. The molecule has 166 valence electrons. The molecule has 1 N–H and O–H groups in total. The standard InChI is InChI=1S/C17H36N4O5S2/c1-18-3-7-20(8-4-18)11-13-27(23,24)15-17(22)16-28(25,26)14-12-21-9-5-19(2)6-10-21/h17,22H,3-16H2,1-2H3. The summed E-state index contributed by atoms with van der Waals surface area (Å²) >= 11 is 0. The molecule has 0 aromatic rings. The largest absolute Gasteiger partial charge is 0.391 e. The average Bonchev–Trinajstić information content (AvgIpc) is 2.60. The van der Waals surface area contributed by atoms with Gasteiger partial charge in [-0.2, -0.15) is 0 Å². The third-order valence-corrected chi connectivity index (χ3v) is 8.92. The zero-order chi connectivity index (χ0) is 20.8. The van der Waals surface area contributed by atoms with Crippen molar-refractivity contribution in [2.75, 3.05) is 103 Å². The van der Waals surface area contributed by atoms with Crippen molar-refractivity contribution in [3.05, 3.63) is 0 Å². The summed E-state index contributed by atoms with van der Waals surface area (Å²) in [4.78, 5) is 8.58. The molecule has 0 unspecified atom stereocenters. The van der Waals surface area contributed by atoms with E-state index >= 15 is 0 Å². The Labute approximate surface area is 170 Å². The lowest BCUT2D eigenvalue weighted by molar-refractivity contribution is 0.160. The number of likely N-dealkylation sites (N-methyl/N-ethyl adjacent to an activating group) is 2. The van der Waals surface area contributed by atoms with Crippen molar-refractivity contribution in [1.29, 1.82) is 0 Å². The minimum atomic E-state index is -3.49. The molecule has 11 heteroatoms. The zero-order valence-electron chi connectivity index (χ0n) is 17.2. The SMILES string of the molecule is CN1CCN(CCS(=O)(=O)CC(O)CS(=O)(=O)CCN2CCN(C)CC2)CC1. The molecule has 0 radical (unpaired) electrons. The maximum absolute atomic E-state index is 12.3. The van der Waals surface area contributed by atoms with Crippen molar-refractivity contribution in [3.63, 3.8) is 0 Å². The van der Waals surface area contributed by atoms with Gasteiger partial charge in [0.05, 0.1) is 29.1 Å². The summed E-state index contributed by atoms with van der Waals surface area (Å²) in [7, 11) is -2.91. The highest BCUT2D eigenvalue weighted by atomic mass is 32.2. The van der Waals surface area contributed by atoms with Gasteiger partial charge in [-0.25, -0.2) is 16.8 Å². The lowest BCUT2D eigenvalue weighted by Gasteiger charge is -2.32. The normalized spacial score (nSPS) is 22.1. The molecule has 0 aromatic carbocycles. The second-order valence-corrected chi connectivity index (χ2v) is 12.6. The Morgan fingerprint density at radius 3 is 1.32 bits per heavy atom. The van der Waals surface area contributed by atoms with Crippen LogP contribution in [-0.4, -0.2) is 150 Å². The fraction of sp³-hybridized carbons (Fsp3) is 1.00. The number of aliphatic hydroxyl groups is 1. The van der Waals surface area contributed by atoms with Gasteiger partial charge in [0.15, 0.2) is 19.7 Å². The summed E-state index contributed by atoms with van der Waals surface area (Å²) in [5, 5.41) is 10.1. The van der Waals surface area contributed by atoms with Crippen LogP contribution in [0.4, 0.5) is 0 Å². The third kappa shape index (κ3) is 9.02. The van der Waals surface area contributed by atoms with E-state index in [4.69, 9.17) is 0 Å². The minimum Gasteiger partial charge on any atom is -0.391 e. The van der Waals surface area contributed by atoms with Crippen molar-refractivity contribution in [2.45, 2.75) is 6.10 Å². The number of nitrogens with zero attached hydrogens (tertiary/aromatic N) is 4. The Morgan fingerprint density at radius 1 is 0.679 bits per heavy atom. The Kier molecular flexibility index (Phi) is 9.12. The first-order chi connectivity index (χ1) is 13.0. The summed E-state index contributed by atoms with van der Waals surface area (Å²) in [5.41, 5.74) is 0. The van der Waals surface area contributed by atoms with Crippen LogP contribution >= 0.6 is 0 Å². The summed E-state index contributed by atoms with van der Waals surface area (Å²) in [6, 6.07) is 0. The van der Waals surface area contributed by atoms with E-state index in [1.54, 1.807) is 0 Å². The van der Waals surface area contributed by atoms with Crippen LogP contribution in [0.25, 0.3) is 0 Å². The molecule has 2 aliphatic rings. The molecule has 2 heterocycles. The summed E-state index contributed by atoms with van der Waals surface area (Å²) < 4.78 is 49.1. The summed E-state index contributed by atoms with van der Waals surface area (Å²) in [6.07, 6.45) is -1.37. The maximum Gasteiger partial charge on any atom is 0.154 e. The number of aliphatic hydroxyl groups excluding tert-OH is 1. The molecule has 0 saturated carbocycles. The predicted molar refractivity (Wildman–Crippen MR) is 111 cm³/mol. The van der Waals surface area contributed by atoms with Crippen LogP contribution < -0.4 is 0 Å². The Balaban J connectivity index is 1.70. The molecular weight excluding hydrogens is 404 g/mol. The average molecular weight is 441 g/mol. The minimum absolute atomic E-state index is 0.0465. The van der Waals surface area contributed by atoms with E-state index in [9.17, 15) is 21.9 Å². The number of piperazine rings is 2. The fourth-order valence-electron chi connectivity index (χ4n) is 3.48. The summed E-state index contributed by atoms with van der Waals surface area (Å²) in [5.74, 6) is -1.08. The van der Waals surface area contributed by atoms with Crippen molar-refractivity contribution < 1.29 is 21.9 Å². The van der Waals surface area contributed by atoms with Crippen LogP contribution in [0.3, 0.4) is 0 Å². The topological polar surface area (TPSA) is 101 Å². The zero-order valence-corrected chi connectivity index (χ0v) is 18.8. The van der Waals surface area contributed by atoms with Crippen LogP contribution in [0.15, 0.2) is 0 Å². The highest BCUT2D eigenvalue weighted by molar-refractivity contribution is 7.92. The van der Waals surface area contributed by atoms with Gasteiger partial charge < -0.3 is 14.9 Å². The van der Waals surface area contributed by atoms with Gasteiger partial charge in [-0.05, 0) is 14.1 Å². The van der Waals surface area contributed by atoms with E-state index < -0.39 is 37.3 Å². The number of hydrogen-bond donors (Lipinski definition) is 1. The van der Waals surface area contributed by atoms with Crippen LogP contribution in [0, 0.1) is 0 Å². The van der Waals surface area contributed by atoms with Crippen LogP contribution in [0.5, 0.6) is 0 Å². The van der Waals surface area contributed by atoms with Crippen LogP contribution in [-0.2, 0) is 19.7 Å². The molecule has 2 saturated heterocycles. The smallest absolute Gasteiger partial charge is 0.154 e. The monoisotopic (exact) mass is 440 g/mol. The van der Waals surface area contributed by atoms with Crippen LogP contribution in [0.2, 0.25) is 0 Å². The van der Waals surface area contributed by atoms with E-state index in [0.29, 0.717) is 13.1 Å². The molecular formula is C17H36N4O5S2. The predicted octanol–water partition coefficient (Wildman–Crippen LogP) is -2.33. The van der Waals surface area contributed by atoms with Gasteiger partial charge >= 0.3 is 0 Å². The molecule has 0 amide bonds. The molecule has 2 aliphatic heterocycles. The molecule has 0 aliphatic carbocycles. The van der Waals surface area contributed by atoms with E-state index in [0.717, 1.165) is 52.4 Å². The van der Waals surface area contributed by atoms with Gasteiger partial charge in [-0.15, -0.1) is 0 Å². The highest BCUT2D eigenvalue weighted by Gasteiger charge is 2.25. The number of rotatable bonds is 10. The summed E-state index contributed by atoms with van der Waals surface area (Å²) in [6.45, 7) is 7.82. The lowest BCUT2D eigenvalue weighted by Crippen LogP contribution is -2.46. The van der Waals surface area contributed by atoms with Gasteiger partial charge in [-0.3, -0.25) is 9.80 Å². The van der Waals surface area contributed by atoms with E-state index in [2.05, 4.69) is 19.6 Å². The Bertz CT molecular complexity index is 612. The van der Waals surface area contributed by atoms with E-state index in [-0.39, 0.29) is 11.5 Å². The van der Waals surface area contributed by atoms with Crippen molar-refractivity contribution in [3.8, 4) is 0 Å². The van der Waals surface area contributed by atoms with Crippen molar-refractivity contribution >= 4 is 19.7 Å². The van der Waals surface area contributed by atoms with Crippen molar-refractivity contribution in [2.24, 2.45) is 0 Å². The second-order valence-electron chi connectivity index (χ2n) is 8.17. The Morgan fingerprint density at radius 2 is 1.00 bits per heavy atom. The van der Waals surface area contributed by atoms with Gasteiger partial charge in [-0.1, -0.05) is 0 Å². The Hall–Kier alpha value is -0.300. The molecule has 0 aromatic heterocycles.